The average Bonchev–Trinajstić information content (AvgIpc) is 2.61. The quantitative estimate of drug-likeness (QED) is 0.838. The molecule has 122 valence electrons. The zero-order valence-corrected chi connectivity index (χ0v) is 13.8. The summed E-state index contributed by atoms with van der Waals surface area (Å²) in [5.41, 5.74) is -0.272. The van der Waals surface area contributed by atoms with Gasteiger partial charge in [-0.25, -0.2) is 4.79 Å². The van der Waals surface area contributed by atoms with Crippen molar-refractivity contribution < 1.29 is 14.7 Å². The Kier molecular flexibility index (Phi) is 6.49. The van der Waals surface area contributed by atoms with Gasteiger partial charge in [0.1, 0.15) is 0 Å². The number of aliphatic carboxylic acids is 1. The number of likely N-dealkylation sites (tertiary alicyclic amines) is 1. The van der Waals surface area contributed by atoms with Gasteiger partial charge in [0, 0.05) is 19.1 Å². The summed E-state index contributed by atoms with van der Waals surface area (Å²) in [5.74, 6) is -0.169. The number of nitrogens with zero attached hydrogens (tertiary/aromatic N) is 1. The largest absolute Gasteiger partial charge is 0.481 e. The maximum atomic E-state index is 12.4. The number of carbonyl (C=O) groups is 2. The fourth-order valence-corrected chi connectivity index (χ4v) is 2.77. The first kappa shape index (κ1) is 17.8. The van der Waals surface area contributed by atoms with Gasteiger partial charge in [0.15, 0.2) is 0 Å². The van der Waals surface area contributed by atoms with Crippen LogP contribution in [0.15, 0.2) is 0 Å². The molecule has 1 rings (SSSR count). The maximum Gasteiger partial charge on any atom is 0.317 e. The van der Waals surface area contributed by atoms with Crippen molar-refractivity contribution in [3.8, 4) is 0 Å². The minimum atomic E-state index is -0.878. The SMILES string of the molecule is CCC1CCCN(C(=O)NC(CC(=O)O)C(C)(C)C)CC1. The summed E-state index contributed by atoms with van der Waals surface area (Å²) in [6.45, 7) is 9.60. The maximum absolute atomic E-state index is 12.4. The number of carboxylic acids is 1. The molecule has 1 fully saturated rings. The first-order chi connectivity index (χ1) is 9.74. The van der Waals surface area contributed by atoms with Crippen molar-refractivity contribution in [1.82, 2.24) is 10.2 Å². The lowest BCUT2D eigenvalue weighted by Gasteiger charge is -2.32. The van der Waals surface area contributed by atoms with Crippen LogP contribution in [-0.4, -0.2) is 41.1 Å². The number of urea groups is 1. The Morgan fingerprint density at radius 1 is 1.29 bits per heavy atom. The Balaban J connectivity index is 2.62. The molecule has 0 spiro atoms. The second kappa shape index (κ2) is 7.66. The van der Waals surface area contributed by atoms with Crippen molar-refractivity contribution in [1.29, 1.82) is 0 Å². The Bertz CT molecular complexity index is 363. The fraction of sp³-hybridized carbons (Fsp3) is 0.875. The van der Waals surface area contributed by atoms with Crippen molar-refractivity contribution >= 4 is 12.0 Å². The molecule has 2 unspecified atom stereocenters. The van der Waals surface area contributed by atoms with Crippen LogP contribution in [0.1, 0.15) is 59.8 Å². The summed E-state index contributed by atoms with van der Waals surface area (Å²) >= 11 is 0. The van der Waals surface area contributed by atoms with Gasteiger partial charge in [-0.15, -0.1) is 0 Å². The van der Waals surface area contributed by atoms with Gasteiger partial charge in [-0.05, 0) is 30.6 Å². The predicted molar refractivity (Wildman–Crippen MR) is 83.2 cm³/mol. The number of carbonyl (C=O) groups excluding carboxylic acids is 1. The predicted octanol–water partition coefficient (Wildman–Crippen LogP) is 3.10. The van der Waals surface area contributed by atoms with Gasteiger partial charge in [0.05, 0.1) is 6.42 Å². The molecular formula is C16H30N2O3. The Morgan fingerprint density at radius 2 is 1.95 bits per heavy atom. The van der Waals surface area contributed by atoms with E-state index >= 15 is 0 Å². The zero-order chi connectivity index (χ0) is 16.0. The van der Waals surface area contributed by atoms with E-state index in [0.29, 0.717) is 5.92 Å². The van der Waals surface area contributed by atoms with Crippen molar-refractivity contribution in [2.75, 3.05) is 13.1 Å². The van der Waals surface area contributed by atoms with E-state index in [-0.39, 0.29) is 23.9 Å². The van der Waals surface area contributed by atoms with E-state index in [1.807, 2.05) is 25.7 Å². The molecular weight excluding hydrogens is 268 g/mol. The lowest BCUT2D eigenvalue weighted by Crippen LogP contribution is -2.50. The molecule has 5 heteroatoms. The summed E-state index contributed by atoms with van der Waals surface area (Å²) in [4.78, 5) is 25.2. The van der Waals surface area contributed by atoms with Crippen molar-refractivity contribution in [2.45, 2.75) is 65.8 Å². The molecule has 1 saturated heterocycles. The smallest absolute Gasteiger partial charge is 0.317 e. The molecule has 2 atom stereocenters. The van der Waals surface area contributed by atoms with E-state index in [2.05, 4.69) is 12.2 Å². The van der Waals surface area contributed by atoms with Gasteiger partial charge in [-0.1, -0.05) is 34.1 Å². The minimum absolute atomic E-state index is 0.0410. The third-order valence-corrected chi connectivity index (χ3v) is 4.43. The normalized spacial score (nSPS) is 21.5. The Morgan fingerprint density at radius 3 is 2.48 bits per heavy atom. The van der Waals surface area contributed by atoms with Gasteiger partial charge < -0.3 is 15.3 Å². The van der Waals surface area contributed by atoms with Crippen LogP contribution in [-0.2, 0) is 4.79 Å². The molecule has 1 aliphatic rings. The number of hydrogen-bond donors (Lipinski definition) is 2. The standard InChI is InChI=1S/C16H30N2O3/c1-5-12-7-6-9-18(10-8-12)15(21)17-13(11-14(19)20)16(2,3)4/h12-13H,5-11H2,1-4H3,(H,17,21)(H,19,20). The van der Waals surface area contributed by atoms with E-state index < -0.39 is 5.97 Å². The van der Waals surface area contributed by atoms with Crippen molar-refractivity contribution in [3.05, 3.63) is 0 Å². The Labute approximate surface area is 128 Å². The highest BCUT2D eigenvalue weighted by atomic mass is 16.4. The monoisotopic (exact) mass is 298 g/mol. The minimum Gasteiger partial charge on any atom is -0.481 e. The lowest BCUT2D eigenvalue weighted by molar-refractivity contribution is -0.138. The number of carboxylic acid groups (broad SMARTS) is 1. The number of nitrogens with one attached hydrogen (secondary N) is 1. The fourth-order valence-electron chi connectivity index (χ4n) is 2.77. The first-order valence-corrected chi connectivity index (χ1v) is 8.01. The zero-order valence-electron chi connectivity index (χ0n) is 13.8. The molecule has 2 N–H and O–H groups in total. The molecule has 0 aliphatic carbocycles. The molecule has 0 radical (unpaired) electrons. The lowest BCUT2D eigenvalue weighted by atomic mass is 9.85. The van der Waals surface area contributed by atoms with E-state index in [4.69, 9.17) is 5.11 Å². The summed E-state index contributed by atoms with van der Waals surface area (Å²) in [5, 5.41) is 11.9. The number of hydrogen-bond acceptors (Lipinski definition) is 2. The third kappa shape index (κ3) is 5.94. The average molecular weight is 298 g/mol. The Hall–Kier alpha value is -1.26. The summed E-state index contributed by atoms with van der Waals surface area (Å²) in [6.07, 6.45) is 4.38. The van der Waals surface area contributed by atoms with E-state index in [9.17, 15) is 9.59 Å². The van der Waals surface area contributed by atoms with Crippen LogP contribution in [0.2, 0.25) is 0 Å². The highest BCUT2D eigenvalue weighted by molar-refractivity contribution is 5.76. The summed E-state index contributed by atoms with van der Waals surface area (Å²) in [6, 6.07) is -0.472. The molecule has 5 nitrogen and oxygen atoms in total. The molecule has 1 aliphatic heterocycles. The van der Waals surface area contributed by atoms with Crippen LogP contribution < -0.4 is 5.32 Å². The molecule has 0 saturated carbocycles. The molecule has 2 amide bonds. The molecule has 21 heavy (non-hydrogen) atoms. The topological polar surface area (TPSA) is 69.6 Å². The van der Waals surface area contributed by atoms with Crippen LogP contribution in [0.25, 0.3) is 0 Å². The number of rotatable bonds is 4. The molecule has 0 aromatic rings. The van der Waals surface area contributed by atoms with Crippen LogP contribution in [0.3, 0.4) is 0 Å². The molecule has 0 aromatic carbocycles. The van der Waals surface area contributed by atoms with E-state index in [0.717, 1.165) is 25.9 Å². The van der Waals surface area contributed by atoms with Gasteiger partial charge >= 0.3 is 12.0 Å². The van der Waals surface area contributed by atoms with Crippen molar-refractivity contribution in [2.24, 2.45) is 11.3 Å². The van der Waals surface area contributed by atoms with Gasteiger partial charge in [-0.2, -0.15) is 0 Å². The molecule has 1 heterocycles. The first-order valence-electron chi connectivity index (χ1n) is 8.01. The van der Waals surface area contributed by atoms with E-state index in [1.54, 1.807) is 0 Å². The van der Waals surface area contributed by atoms with Crippen molar-refractivity contribution in [3.63, 3.8) is 0 Å². The highest BCUT2D eigenvalue weighted by Gasteiger charge is 2.30. The van der Waals surface area contributed by atoms with Gasteiger partial charge in [0.2, 0.25) is 0 Å². The highest BCUT2D eigenvalue weighted by Crippen LogP contribution is 2.23. The number of amides is 2. The second-order valence-corrected chi connectivity index (χ2v) is 7.16. The molecule has 0 aromatic heterocycles. The summed E-state index contributed by atoms with van der Waals surface area (Å²) in [7, 11) is 0. The van der Waals surface area contributed by atoms with E-state index in [1.165, 1.54) is 12.8 Å². The van der Waals surface area contributed by atoms with Gasteiger partial charge in [-0.3, -0.25) is 4.79 Å². The van der Waals surface area contributed by atoms with Crippen LogP contribution in [0.4, 0.5) is 4.79 Å². The van der Waals surface area contributed by atoms with Crippen LogP contribution >= 0.6 is 0 Å². The van der Waals surface area contributed by atoms with Crippen LogP contribution in [0.5, 0.6) is 0 Å². The second-order valence-electron chi connectivity index (χ2n) is 7.16. The van der Waals surface area contributed by atoms with Gasteiger partial charge in [0.25, 0.3) is 0 Å². The van der Waals surface area contributed by atoms with Crippen LogP contribution in [0, 0.1) is 11.3 Å². The molecule has 0 bridgehead atoms. The third-order valence-electron chi connectivity index (χ3n) is 4.43. The summed E-state index contributed by atoms with van der Waals surface area (Å²) < 4.78 is 0.